The molecule has 0 aliphatic carbocycles. The summed E-state index contributed by atoms with van der Waals surface area (Å²) in [5.74, 6) is -1.82. The van der Waals surface area contributed by atoms with Gasteiger partial charge in [0.05, 0.1) is 16.8 Å². The van der Waals surface area contributed by atoms with Crippen LogP contribution >= 0.6 is 23.5 Å². The predicted octanol–water partition coefficient (Wildman–Crippen LogP) is 2.46. The van der Waals surface area contributed by atoms with E-state index in [2.05, 4.69) is 15.3 Å². The number of likely N-dealkylation sites (tertiary alicyclic amines) is 1. The van der Waals surface area contributed by atoms with Crippen LogP contribution in [0.1, 0.15) is 12.0 Å². The number of aromatic amines is 1. The molecule has 6 rings (SSSR count). The molecule has 3 amide bonds. The molecule has 0 unspecified atom stereocenters. The Bertz CT molecular complexity index is 1600. The Balaban J connectivity index is 1.10. The molecule has 0 saturated carbocycles. The number of rotatable bonds is 8. The number of aromatic nitrogens is 2. The predicted molar refractivity (Wildman–Crippen MR) is 153 cm³/mol. The van der Waals surface area contributed by atoms with Crippen LogP contribution in [0.3, 0.4) is 0 Å². The van der Waals surface area contributed by atoms with Crippen LogP contribution in [0.15, 0.2) is 76.6 Å². The van der Waals surface area contributed by atoms with E-state index < -0.39 is 23.3 Å². The van der Waals surface area contributed by atoms with Crippen molar-refractivity contribution in [3.05, 3.63) is 77.0 Å². The number of hydrogen-bond donors (Lipinski definition) is 4. The van der Waals surface area contributed by atoms with Gasteiger partial charge in [0.25, 0.3) is 5.91 Å². The number of fused-ring (bicyclic) bond motifs is 2. The van der Waals surface area contributed by atoms with Gasteiger partial charge in [-0.3, -0.25) is 19.3 Å². The van der Waals surface area contributed by atoms with Gasteiger partial charge in [-0.15, -0.1) is 11.8 Å². The maximum atomic E-state index is 13.0. The number of carbonyl (C=O) groups is 4. The number of nitrogens with zero attached hydrogens (tertiary/aromatic N) is 3. The van der Waals surface area contributed by atoms with Crippen molar-refractivity contribution in [2.75, 3.05) is 18.1 Å². The first-order valence-corrected chi connectivity index (χ1v) is 14.9. The van der Waals surface area contributed by atoms with Gasteiger partial charge in [-0.2, -0.15) is 0 Å². The minimum Gasteiger partial charge on any atom is -0.508 e. The van der Waals surface area contributed by atoms with Crippen molar-refractivity contribution >= 4 is 58.2 Å². The van der Waals surface area contributed by atoms with E-state index in [1.165, 1.54) is 28.4 Å². The van der Waals surface area contributed by atoms with Gasteiger partial charge < -0.3 is 25.4 Å². The fourth-order valence-electron chi connectivity index (χ4n) is 5.08. The van der Waals surface area contributed by atoms with Crippen LogP contribution in [0.5, 0.6) is 5.75 Å². The molecule has 210 valence electrons. The molecule has 41 heavy (non-hydrogen) atoms. The third kappa shape index (κ3) is 5.30. The lowest BCUT2D eigenvalue weighted by atomic mass is 10.0. The van der Waals surface area contributed by atoms with Gasteiger partial charge in [0, 0.05) is 24.4 Å². The summed E-state index contributed by atoms with van der Waals surface area (Å²) in [5, 5.41) is 22.3. The van der Waals surface area contributed by atoms with Crippen LogP contribution in [0.2, 0.25) is 0 Å². The number of para-hydroxylation sites is 2. The number of nitrogens with one attached hydrogen (secondary N) is 2. The van der Waals surface area contributed by atoms with Crippen LogP contribution in [0.4, 0.5) is 0 Å². The Morgan fingerprint density at radius 2 is 1.95 bits per heavy atom. The SMILES string of the molecule is O=C(CSc1nc2ccccc2[nH]1)N[C@@H]1C(=O)N2C(C(=O)O)=C(C=C3CCN(Cc4ccc(O)cc4)C3=O)CS[C@H]12. The van der Waals surface area contributed by atoms with Crippen LogP contribution in [-0.2, 0) is 25.7 Å². The van der Waals surface area contributed by atoms with Gasteiger partial charge in [0.15, 0.2) is 5.16 Å². The lowest BCUT2D eigenvalue weighted by Crippen LogP contribution is -2.70. The summed E-state index contributed by atoms with van der Waals surface area (Å²) >= 11 is 2.57. The normalized spacial score (nSPS) is 21.4. The van der Waals surface area contributed by atoms with E-state index in [0.29, 0.717) is 35.8 Å². The fraction of sp³-hybridized carbons (Fsp3) is 0.250. The quantitative estimate of drug-likeness (QED) is 0.176. The highest BCUT2D eigenvalue weighted by Crippen LogP contribution is 2.41. The maximum Gasteiger partial charge on any atom is 0.352 e. The standard InChI is InChI=1S/C28H25N5O6S2/c34-18-7-5-15(6-8-18)12-32-10-9-16(24(32)36)11-17-13-40-26-22(25(37)33(26)23(17)27(38)39)31-21(35)14-41-28-29-19-3-1-2-4-20(19)30-28/h1-8,11,22,26,34H,9-10,12-14H2,(H,29,30)(H,31,35)(H,38,39)/t22-,26-/m1/s1. The summed E-state index contributed by atoms with van der Waals surface area (Å²) in [5.41, 5.74) is 3.25. The molecule has 0 bridgehead atoms. The second-order valence-corrected chi connectivity index (χ2v) is 11.9. The third-order valence-electron chi connectivity index (χ3n) is 7.10. The summed E-state index contributed by atoms with van der Waals surface area (Å²) in [6, 6.07) is 13.3. The molecule has 0 spiro atoms. The Hall–Kier alpha value is -4.23. The zero-order valence-electron chi connectivity index (χ0n) is 21.6. The molecule has 13 heteroatoms. The topological polar surface area (TPSA) is 156 Å². The number of thioether (sulfide) groups is 2. The van der Waals surface area contributed by atoms with Gasteiger partial charge in [0.2, 0.25) is 11.8 Å². The molecule has 2 saturated heterocycles. The third-order valence-corrected chi connectivity index (χ3v) is 9.27. The first kappa shape index (κ1) is 27.0. The highest BCUT2D eigenvalue weighted by Gasteiger charge is 2.54. The number of β-lactam (4-membered cyclic amide) rings is 1. The number of carboxylic acid groups (broad SMARTS) is 1. The summed E-state index contributed by atoms with van der Waals surface area (Å²) < 4.78 is 0. The molecule has 2 fully saturated rings. The maximum absolute atomic E-state index is 13.0. The molecule has 3 aromatic rings. The molecule has 4 N–H and O–H groups in total. The molecule has 3 aliphatic heterocycles. The number of H-pyrrole nitrogens is 1. The van der Waals surface area contributed by atoms with Gasteiger partial charge in [-0.25, -0.2) is 9.78 Å². The molecule has 0 radical (unpaired) electrons. The number of hydrogen-bond acceptors (Lipinski definition) is 8. The summed E-state index contributed by atoms with van der Waals surface area (Å²) in [6.07, 6.45) is 2.05. The van der Waals surface area contributed by atoms with Crippen LogP contribution in [-0.4, -0.2) is 83.1 Å². The summed E-state index contributed by atoms with van der Waals surface area (Å²) in [4.78, 5) is 61.4. The number of carboxylic acids is 1. The van der Waals surface area contributed by atoms with Gasteiger partial charge in [-0.05, 0) is 47.9 Å². The minimum absolute atomic E-state index is 0.0444. The highest BCUT2D eigenvalue weighted by molar-refractivity contribution is 8.00. The number of phenolic OH excluding ortho intramolecular Hbond substituents is 1. The second-order valence-electron chi connectivity index (χ2n) is 9.79. The summed E-state index contributed by atoms with van der Waals surface area (Å²) in [6.45, 7) is 0.860. The van der Waals surface area contributed by atoms with E-state index in [9.17, 15) is 29.4 Å². The molecular formula is C28H25N5O6S2. The molecule has 1 aromatic heterocycles. The number of carbonyl (C=O) groups excluding carboxylic acids is 3. The van der Waals surface area contributed by atoms with Crippen LogP contribution in [0, 0.1) is 0 Å². The average molecular weight is 592 g/mol. The average Bonchev–Trinajstić information content (AvgIpc) is 3.54. The van der Waals surface area contributed by atoms with Crippen molar-refractivity contribution in [1.82, 2.24) is 25.1 Å². The van der Waals surface area contributed by atoms with Crippen LogP contribution < -0.4 is 5.32 Å². The van der Waals surface area contributed by atoms with E-state index in [-0.39, 0.29) is 34.8 Å². The van der Waals surface area contributed by atoms with Crippen molar-refractivity contribution < 1.29 is 29.4 Å². The number of allylic oxidation sites excluding steroid dienone is 1. The van der Waals surface area contributed by atoms with Crippen molar-refractivity contribution in [3.63, 3.8) is 0 Å². The first-order valence-electron chi connectivity index (χ1n) is 12.8. The highest BCUT2D eigenvalue weighted by atomic mass is 32.2. The number of aromatic hydroxyl groups is 1. The van der Waals surface area contributed by atoms with Crippen molar-refractivity contribution in [2.24, 2.45) is 0 Å². The molecule has 11 nitrogen and oxygen atoms in total. The van der Waals surface area contributed by atoms with Crippen LogP contribution in [0.25, 0.3) is 11.0 Å². The number of benzene rings is 2. The van der Waals surface area contributed by atoms with Gasteiger partial charge in [-0.1, -0.05) is 36.0 Å². The minimum atomic E-state index is -1.26. The molecular weight excluding hydrogens is 566 g/mol. The zero-order valence-corrected chi connectivity index (χ0v) is 23.2. The smallest absolute Gasteiger partial charge is 0.352 e. The van der Waals surface area contributed by atoms with Gasteiger partial charge in [0.1, 0.15) is 22.9 Å². The Morgan fingerprint density at radius 3 is 2.71 bits per heavy atom. The zero-order chi connectivity index (χ0) is 28.7. The Morgan fingerprint density at radius 1 is 1.17 bits per heavy atom. The fourth-order valence-corrected chi connectivity index (χ4v) is 7.09. The Labute approximate surface area is 242 Å². The number of imidazole rings is 1. The van der Waals surface area contributed by atoms with Crippen molar-refractivity contribution in [1.29, 1.82) is 0 Å². The molecule has 4 heterocycles. The second kappa shape index (κ2) is 11.0. The summed E-state index contributed by atoms with van der Waals surface area (Å²) in [7, 11) is 0. The number of amides is 3. The largest absolute Gasteiger partial charge is 0.508 e. The van der Waals surface area contributed by atoms with Crippen molar-refractivity contribution in [3.8, 4) is 5.75 Å². The van der Waals surface area contributed by atoms with E-state index in [4.69, 9.17) is 0 Å². The lowest BCUT2D eigenvalue weighted by Gasteiger charge is -2.49. The monoisotopic (exact) mass is 591 g/mol. The number of aliphatic carboxylic acids is 1. The number of phenols is 1. The van der Waals surface area contributed by atoms with Gasteiger partial charge >= 0.3 is 5.97 Å². The van der Waals surface area contributed by atoms with E-state index in [1.54, 1.807) is 35.2 Å². The van der Waals surface area contributed by atoms with E-state index in [0.717, 1.165) is 16.6 Å². The molecule has 3 aliphatic rings. The van der Waals surface area contributed by atoms with Crippen molar-refractivity contribution in [2.45, 2.75) is 29.5 Å². The van der Waals surface area contributed by atoms with E-state index >= 15 is 0 Å². The van der Waals surface area contributed by atoms with E-state index in [1.807, 2.05) is 24.3 Å². The first-order chi connectivity index (χ1) is 19.8. The Kier molecular flexibility index (Phi) is 7.22. The lowest BCUT2D eigenvalue weighted by molar-refractivity contribution is -0.150. The molecule has 2 aromatic carbocycles. The molecule has 2 atom stereocenters.